The lowest BCUT2D eigenvalue weighted by Crippen LogP contribution is -2.39. The van der Waals surface area contributed by atoms with Crippen molar-refractivity contribution in [2.45, 2.75) is 18.4 Å². The number of amides is 1. The lowest BCUT2D eigenvalue weighted by molar-refractivity contribution is 0.0908. The van der Waals surface area contributed by atoms with Crippen molar-refractivity contribution in [3.63, 3.8) is 0 Å². The number of para-hydroxylation sites is 1. The van der Waals surface area contributed by atoms with E-state index < -0.39 is 0 Å². The van der Waals surface area contributed by atoms with Crippen molar-refractivity contribution in [1.29, 1.82) is 0 Å². The van der Waals surface area contributed by atoms with Crippen LogP contribution in [0.2, 0.25) is 0 Å². The number of carbonyl (C=O) groups is 1. The molecule has 0 bridgehead atoms. The molecule has 4 nitrogen and oxygen atoms in total. The number of rotatable bonds is 3. The molecule has 3 rings (SSSR count). The highest BCUT2D eigenvalue weighted by atomic mass is 16.3. The van der Waals surface area contributed by atoms with Crippen molar-refractivity contribution in [2.75, 3.05) is 6.61 Å². The number of aromatic nitrogens is 1. The number of aliphatic hydroxyl groups excluding tert-OH is 1. The first kappa shape index (κ1) is 10.4. The van der Waals surface area contributed by atoms with Crippen molar-refractivity contribution in [3.05, 3.63) is 36.0 Å². The molecule has 88 valence electrons. The molecule has 3 N–H and O–H groups in total. The summed E-state index contributed by atoms with van der Waals surface area (Å²) >= 11 is 0. The quantitative estimate of drug-likeness (QED) is 0.746. The van der Waals surface area contributed by atoms with Gasteiger partial charge in [0.25, 0.3) is 5.91 Å². The maximum atomic E-state index is 12.1. The Hall–Kier alpha value is -1.81. The minimum absolute atomic E-state index is 0.0150. The van der Waals surface area contributed by atoms with E-state index in [0.717, 1.165) is 23.7 Å². The maximum absolute atomic E-state index is 12.1. The van der Waals surface area contributed by atoms with E-state index in [1.165, 1.54) is 0 Å². The Balaban J connectivity index is 1.91. The van der Waals surface area contributed by atoms with E-state index >= 15 is 0 Å². The van der Waals surface area contributed by atoms with Crippen LogP contribution in [0.5, 0.6) is 0 Å². The largest absolute Gasteiger partial charge is 0.394 e. The van der Waals surface area contributed by atoms with Gasteiger partial charge in [-0.3, -0.25) is 4.79 Å². The second-order valence-electron chi connectivity index (χ2n) is 4.64. The molecule has 1 aromatic heterocycles. The van der Waals surface area contributed by atoms with Crippen LogP contribution in [0.4, 0.5) is 0 Å². The van der Waals surface area contributed by atoms with Crippen LogP contribution in [0.25, 0.3) is 10.9 Å². The summed E-state index contributed by atoms with van der Waals surface area (Å²) in [7, 11) is 0. The molecular weight excluding hydrogens is 216 g/mol. The number of carbonyl (C=O) groups excluding carboxylic acids is 1. The average molecular weight is 230 g/mol. The topological polar surface area (TPSA) is 65.1 Å². The van der Waals surface area contributed by atoms with Gasteiger partial charge < -0.3 is 15.4 Å². The van der Waals surface area contributed by atoms with Gasteiger partial charge in [0.05, 0.1) is 17.7 Å². The lowest BCUT2D eigenvalue weighted by atomic mass is 10.1. The van der Waals surface area contributed by atoms with Gasteiger partial charge in [0, 0.05) is 17.1 Å². The summed E-state index contributed by atoms with van der Waals surface area (Å²) in [5.41, 5.74) is 1.22. The Morgan fingerprint density at radius 3 is 2.88 bits per heavy atom. The highest BCUT2D eigenvalue weighted by Crippen LogP contribution is 2.35. The van der Waals surface area contributed by atoms with Gasteiger partial charge in [-0.25, -0.2) is 0 Å². The maximum Gasteiger partial charge on any atom is 0.253 e. The number of hydrogen-bond donors (Lipinski definition) is 3. The molecule has 1 heterocycles. The number of nitrogens with one attached hydrogen (secondary N) is 2. The molecule has 1 amide bonds. The molecule has 1 aliphatic rings. The zero-order valence-corrected chi connectivity index (χ0v) is 9.36. The van der Waals surface area contributed by atoms with Gasteiger partial charge in [0.15, 0.2) is 0 Å². The summed E-state index contributed by atoms with van der Waals surface area (Å²) in [6, 6.07) is 7.69. The van der Waals surface area contributed by atoms with Crippen LogP contribution < -0.4 is 5.32 Å². The van der Waals surface area contributed by atoms with Crippen molar-refractivity contribution < 1.29 is 9.90 Å². The number of fused-ring (bicyclic) bond motifs is 1. The van der Waals surface area contributed by atoms with Gasteiger partial charge in [-0.15, -0.1) is 0 Å². The Morgan fingerprint density at radius 1 is 1.41 bits per heavy atom. The molecule has 0 spiro atoms. The smallest absolute Gasteiger partial charge is 0.253 e. The van der Waals surface area contributed by atoms with Crippen LogP contribution in [-0.4, -0.2) is 28.1 Å². The van der Waals surface area contributed by atoms with Crippen LogP contribution in [0.3, 0.4) is 0 Å². The van der Waals surface area contributed by atoms with Gasteiger partial charge in [-0.05, 0) is 18.9 Å². The van der Waals surface area contributed by atoms with Crippen molar-refractivity contribution in [1.82, 2.24) is 10.3 Å². The molecule has 2 aromatic rings. The van der Waals surface area contributed by atoms with E-state index in [4.69, 9.17) is 0 Å². The first-order valence-corrected chi connectivity index (χ1v) is 5.74. The third-order valence-electron chi connectivity index (χ3n) is 3.37. The zero-order valence-electron chi connectivity index (χ0n) is 9.36. The summed E-state index contributed by atoms with van der Waals surface area (Å²) in [4.78, 5) is 15.2. The van der Waals surface area contributed by atoms with Gasteiger partial charge in [-0.1, -0.05) is 18.2 Å². The van der Waals surface area contributed by atoms with Crippen molar-refractivity contribution in [2.24, 2.45) is 0 Å². The number of H-pyrrole nitrogens is 1. The first-order chi connectivity index (χ1) is 8.24. The van der Waals surface area contributed by atoms with E-state index in [2.05, 4.69) is 10.3 Å². The van der Waals surface area contributed by atoms with Crippen molar-refractivity contribution >= 4 is 16.8 Å². The van der Waals surface area contributed by atoms with Gasteiger partial charge in [0.2, 0.25) is 0 Å². The molecule has 0 atom stereocenters. The number of aliphatic hydroxyl groups is 1. The molecular formula is C13H14N2O2. The van der Waals surface area contributed by atoms with E-state index in [1.54, 1.807) is 6.20 Å². The molecule has 17 heavy (non-hydrogen) atoms. The highest BCUT2D eigenvalue weighted by Gasteiger charge is 2.43. The SMILES string of the molecule is O=C(NC1(CO)CC1)c1c[nH]c2ccccc12. The van der Waals surface area contributed by atoms with Crippen LogP contribution in [-0.2, 0) is 0 Å². The monoisotopic (exact) mass is 230 g/mol. The molecule has 1 saturated carbocycles. The summed E-state index contributed by atoms with van der Waals surface area (Å²) < 4.78 is 0. The molecule has 0 radical (unpaired) electrons. The van der Waals surface area contributed by atoms with Crippen LogP contribution >= 0.6 is 0 Å². The number of aromatic amines is 1. The van der Waals surface area contributed by atoms with E-state index in [9.17, 15) is 9.90 Å². The van der Waals surface area contributed by atoms with Crippen LogP contribution in [0.1, 0.15) is 23.2 Å². The molecule has 0 aliphatic heterocycles. The second kappa shape index (κ2) is 3.60. The standard InChI is InChI=1S/C13H14N2O2/c16-8-13(5-6-13)15-12(17)10-7-14-11-4-2-1-3-9(10)11/h1-4,7,14,16H,5-6,8H2,(H,15,17). The summed E-state index contributed by atoms with van der Waals surface area (Å²) in [6.07, 6.45) is 3.43. The fraction of sp³-hybridized carbons (Fsp3) is 0.308. The summed E-state index contributed by atoms with van der Waals surface area (Å²) in [5.74, 6) is -0.117. The lowest BCUT2D eigenvalue weighted by Gasteiger charge is -2.13. The minimum Gasteiger partial charge on any atom is -0.394 e. The fourth-order valence-electron chi connectivity index (χ4n) is 2.04. The van der Waals surface area contributed by atoms with Crippen molar-refractivity contribution in [3.8, 4) is 0 Å². The van der Waals surface area contributed by atoms with Gasteiger partial charge in [0.1, 0.15) is 0 Å². The summed E-state index contributed by atoms with van der Waals surface area (Å²) in [5, 5.41) is 13.0. The zero-order chi connectivity index (χ0) is 11.9. The molecule has 0 unspecified atom stereocenters. The van der Waals surface area contributed by atoms with E-state index in [-0.39, 0.29) is 18.1 Å². The fourth-order valence-corrected chi connectivity index (χ4v) is 2.04. The Bertz CT molecular complexity index is 570. The summed E-state index contributed by atoms with van der Waals surface area (Å²) in [6.45, 7) is 0.0150. The predicted molar refractivity (Wildman–Crippen MR) is 64.8 cm³/mol. The predicted octanol–water partition coefficient (Wildman–Crippen LogP) is 1.42. The third kappa shape index (κ3) is 1.70. The average Bonchev–Trinajstić information content (AvgIpc) is 2.99. The Morgan fingerprint density at radius 2 is 2.18 bits per heavy atom. The molecule has 0 saturated heterocycles. The third-order valence-corrected chi connectivity index (χ3v) is 3.37. The number of hydrogen-bond acceptors (Lipinski definition) is 2. The van der Waals surface area contributed by atoms with E-state index in [1.807, 2.05) is 24.3 Å². The second-order valence-corrected chi connectivity index (χ2v) is 4.64. The molecule has 1 fully saturated rings. The molecule has 4 heteroatoms. The first-order valence-electron chi connectivity index (χ1n) is 5.74. The van der Waals surface area contributed by atoms with E-state index in [0.29, 0.717) is 5.56 Å². The molecule has 1 aromatic carbocycles. The van der Waals surface area contributed by atoms with Gasteiger partial charge in [-0.2, -0.15) is 0 Å². The Labute approximate surface area is 98.6 Å². The number of benzene rings is 1. The van der Waals surface area contributed by atoms with Gasteiger partial charge >= 0.3 is 0 Å². The van der Waals surface area contributed by atoms with Crippen LogP contribution in [0, 0.1) is 0 Å². The highest BCUT2D eigenvalue weighted by molar-refractivity contribution is 6.07. The van der Waals surface area contributed by atoms with Crippen LogP contribution in [0.15, 0.2) is 30.5 Å². The Kier molecular flexibility index (Phi) is 2.19. The molecule has 1 aliphatic carbocycles. The normalized spacial score (nSPS) is 17.0. The minimum atomic E-state index is -0.366.